The molecule has 0 atom stereocenters. The largest absolute Gasteiger partial charge is 0.468 e. The predicted octanol–water partition coefficient (Wildman–Crippen LogP) is 1.91. The maximum absolute atomic E-state index is 11.0. The summed E-state index contributed by atoms with van der Waals surface area (Å²) in [4.78, 5) is 21.2. The van der Waals surface area contributed by atoms with Gasteiger partial charge in [-0.2, -0.15) is 0 Å². The fraction of sp³-hybridized carbons (Fsp3) is 0.182. The van der Waals surface area contributed by atoms with Gasteiger partial charge in [-0.05, 0) is 6.07 Å². The van der Waals surface area contributed by atoms with Crippen LogP contribution in [0.1, 0.15) is 0 Å². The lowest BCUT2D eigenvalue weighted by molar-refractivity contribution is -0.384. The van der Waals surface area contributed by atoms with Gasteiger partial charge in [0.05, 0.1) is 12.0 Å². The number of carbonyl (C=O) groups is 1. The summed E-state index contributed by atoms with van der Waals surface area (Å²) in [5, 5.41) is 18.4. The molecule has 0 bridgehead atoms. The Morgan fingerprint density at radius 2 is 2.30 bits per heavy atom. The van der Waals surface area contributed by atoms with Gasteiger partial charge in [0.25, 0.3) is 10.9 Å². The van der Waals surface area contributed by atoms with Crippen molar-refractivity contribution in [1.82, 2.24) is 10.2 Å². The lowest BCUT2D eigenvalue weighted by atomic mass is 10.2. The van der Waals surface area contributed by atoms with E-state index in [0.29, 0.717) is 5.56 Å². The fourth-order valence-corrected chi connectivity index (χ4v) is 1.91. The topological polar surface area (TPSA) is 108 Å². The van der Waals surface area contributed by atoms with Crippen LogP contribution < -0.4 is 0 Å². The van der Waals surface area contributed by atoms with Crippen LogP contribution in [0.15, 0.2) is 33.9 Å². The van der Waals surface area contributed by atoms with Gasteiger partial charge in [0, 0.05) is 17.7 Å². The molecule has 1 aromatic carbocycles. The number of rotatable bonds is 5. The zero-order valence-electron chi connectivity index (χ0n) is 10.3. The molecule has 8 nitrogen and oxygen atoms in total. The minimum absolute atomic E-state index is 0.0487. The minimum Gasteiger partial charge on any atom is -0.468 e. The van der Waals surface area contributed by atoms with Crippen LogP contribution >= 0.6 is 11.8 Å². The van der Waals surface area contributed by atoms with E-state index in [1.54, 1.807) is 6.07 Å². The average Bonchev–Trinajstić information content (AvgIpc) is 2.93. The van der Waals surface area contributed by atoms with Gasteiger partial charge in [-0.3, -0.25) is 14.9 Å². The summed E-state index contributed by atoms with van der Waals surface area (Å²) in [5.41, 5.74) is 0.376. The smallest absolute Gasteiger partial charge is 0.316 e. The molecule has 1 aromatic heterocycles. The molecule has 0 aliphatic heterocycles. The van der Waals surface area contributed by atoms with E-state index in [1.807, 2.05) is 0 Å². The van der Waals surface area contributed by atoms with Gasteiger partial charge >= 0.3 is 5.97 Å². The number of nitro groups is 1. The highest BCUT2D eigenvalue weighted by molar-refractivity contribution is 7.99. The number of hydrogen-bond donors (Lipinski definition) is 0. The van der Waals surface area contributed by atoms with Gasteiger partial charge in [0.1, 0.15) is 5.75 Å². The first-order valence-corrected chi connectivity index (χ1v) is 6.36. The highest BCUT2D eigenvalue weighted by Gasteiger charge is 2.14. The third kappa shape index (κ3) is 3.32. The summed E-state index contributed by atoms with van der Waals surface area (Å²) in [6.07, 6.45) is 0. The van der Waals surface area contributed by atoms with Crippen LogP contribution in [0.2, 0.25) is 0 Å². The standard InChI is InChI=1S/C11H9N3O5S/c1-18-9(15)6-20-11-13-12-10(19-11)7-3-2-4-8(5-7)14(16)17/h2-5H,6H2,1H3. The van der Waals surface area contributed by atoms with Crippen molar-refractivity contribution in [2.75, 3.05) is 12.9 Å². The number of thioether (sulfide) groups is 1. The number of methoxy groups -OCH3 is 1. The Hall–Kier alpha value is -2.42. The third-order valence-electron chi connectivity index (χ3n) is 2.25. The van der Waals surface area contributed by atoms with Gasteiger partial charge < -0.3 is 9.15 Å². The van der Waals surface area contributed by atoms with Crippen LogP contribution in [0.25, 0.3) is 11.5 Å². The van der Waals surface area contributed by atoms with Gasteiger partial charge in [-0.15, -0.1) is 10.2 Å². The van der Waals surface area contributed by atoms with Crippen molar-refractivity contribution in [3.8, 4) is 11.5 Å². The van der Waals surface area contributed by atoms with E-state index in [1.165, 1.54) is 25.3 Å². The molecular weight excluding hydrogens is 286 g/mol. The fourth-order valence-electron chi connectivity index (χ4n) is 1.32. The van der Waals surface area contributed by atoms with E-state index >= 15 is 0 Å². The molecule has 0 N–H and O–H groups in total. The second-order valence-electron chi connectivity index (χ2n) is 3.55. The molecule has 20 heavy (non-hydrogen) atoms. The zero-order chi connectivity index (χ0) is 14.5. The van der Waals surface area contributed by atoms with E-state index in [2.05, 4.69) is 14.9 Å². The number of nitro benzene ring substituents is 1. The summed E-state index contributed by atoms with van der Waals surface area (Å²) in [6.45, 7) is 0. The molecule has 0 aliphatic rings. The number of carbonyl (C=O) groups excluding carboxylic acids is 1. The molecule has 0 unspecified atom stereocenters. The van der Waals surface area contributed by atoms with Crippen molar-refractivity contribution >= 4 is 23.4 Å². The number of hydrogen-bond acceptors (Lipinski definition) is 8. The van der Waals surface area contributed by atoms with E-state index in [-0.39, 0.29) is 22.6 Å². The van der Waals surface area contributed by atoms with E-state index in [0.717, 1.165) is 11.8 Å². The Labute approximate surface area is 117 Å². The normalized spacial score (nSPS) is 10.2. The monoisotopic (exact) mass is 295 g/mol. The van der Waals surface area contributed by atoms with Gasteiger partial charge in [-0.25, -0.2) is 0 Å². The molecule has 0 fully saturated rings. The number of esters is 1. The molecule has 9 heteroatoms. The summed E-state index contributed by atoms with van der Waals surface area (Å²) in [6, 6.07) is 5.85. The van der Waals surface area contributed by atoms with Gasteiger partial charge in [0.15, 0.2) is 0 Å². The summed E-state index contributed by atoms with van der Waals surface area (Å²) < 4.78 is 9.79. The first kappa shape index (κ1) is 14.0. The number of aromatic nitrogens is 2. The molecule has 2 aromatic rings. The van der Waals surface area contributed by atoms with Gasteiger partial charge in [-0.1, -0.05) is 17.8 Å². The van der Waals surface area contributed by atoms with Gasteiger partial charge in [0.2, 0.25) is 5.89 Å². The van der Waals surface area contributed by atoms with Crippen molar-refractivity contribution in [2.45, 2.75) is 5.22 Å². The summed E-state index contributed by atoms with van der Waals surface area (Å²) >= 11 is 1.03. The Bertz CT molecular complexity index is 642. The van der Waals surface area contributed by atoms with E-state index in [9.17, 15) is 14.9 Å². The van der Waals surface area contributed by atoms with Crippen molar-refractivity contribution in [3.05, 3.63) is 34.4 Å². The number of non-ortho nitro benzene ring substituents is 1. The van der Waals surface area contributed by atoms with Crippen molar-refractivity contribution in [3.63, 3.8) is 0 Å². The highest BCUT2D eigenvalue weighted by atomic mass is 32.2. The average molecular weight is 295 g/mol. The molecule has 0 saturated heterocycles. The molecule has 2 rings (SSSR count). The van der Waals surface area contributed by atoms with Crippen LogP contribution in [-0.4, -0.2) is 34.0 Å². The van der Waals surface area contributed by atoms with Crippen LogP contribution in [0.4, 0.5) is 5.69 Å². The molecule has 0 saturated carbocycles. The first-order valence-electron chi connectivity index (χ1n) is 5.38. The maximum atomic E-state index is 11.0. The van der Waals surface area contributed by atoms with Crippen LogP contribution in [0.3, 0.4) is 0 Å². The Morgan fingerprint density at radius 1 is 1.50 bits per heavy atom. The van der Waals surface area contributed by atoms with Crippen LogP contribution in [0.5, 0.6) is 0 Å². The molecule has 0 radical (unpaired) electrons. The first-order chi connectivity index (χ1) is 9.60. The summed E-state index contributed by atoms with van der Waals surface area (Å²) in [7, 11) is 1.28. The SMILES string of the molecule is COC(=O)CSc1nnc(-c2cccc([N+](=O)[O-])c2)o1. The lowest BCUT2D eigenvalue weighted by Crippen LogP contribution is -2.02. The van der Waals surface area contributed by atoms with Crippen molar-refractivity contribution in [1.29, 1.82) is 0 Å². The predicted molar refractivity (Wildman–Crippen MR) is 69.1 cm³/mol. The maximum Gasteiger partial charge on any atom is 0.316 e. The Morgan fingerprint density at radius 3 is 3.00 bits per heavy atom. The highest BCUT2D eigenvalue weighted by Crippen LogP contribution is 2.25. The second kappa shape index (κ2) is 6.15. The Kier molecular flexibility index (Phi) is 4.31. The van der Waals surface area contributed by atoms with E-state index in [4.69, 9.17) is 4.42 Å². The molecule has 104 valence electrons. The van der Waals surface area contributed by atoms with Crippen LogP contribution in [0, 0.1) is 10.1 Å². The summed E-state index contributed by atoms with van der Waals surface area (Å²) in [5.74, 6) is -0.209. The lowest BCUT2D eigenvalue weighted by Gasteiger charge is -1.95. The van der Waals surface area contributed by atoms with Crippen molar-refractivity contribution < 1.29 is 18.9 Å². The van der Waals surface area contributed by atoms with E-state index < -0.39 is 10.9 Å². The quantitative estimate of drug-likeness (QED) is 0.356. The molecule has 0 aliphatic carbocycles. The number of nitrogens with zero attached hydrogens (tertiary/aromatic N) is 3. The minimum atomic E-state index is -0.507. The van der Waals surface area contributed by atoms with Crippen LogP contribution in [-0.2, 0) is 9.53 Å². The number of benzene rings is 1. The second-order valence-corrected chi connectivity index (χ2v) is 4.47. The molecule has 0 spiro atoms. The molecule has 0 amide bonds. The third-order valence-corrected chi connectivity index (χ3v) is 3.04. The molecular formula is C11H9N3O5S. The Balaban J connectivity index is 2.14. The zero-order valence-corrected chi connectivity index (χ0v) is 11.1. The molecule has 1 heterocycles. The number of ether oxygens (including phenoxy) is 1. The van der Waals surface area contributed by atoms with Crippen molar-refractivity contribution in [2.24, 2.45) is 0 Å².